The normalized spacial score (nSPS) is 14.4. The highest BCUT2D eigenvalue weighted by molar-refractivity contribution is 7.99. The summed E-state index contributed by atoms with van der Waals surface area (Å²) in [5.41, 5.74) is 10.6. The van der Waals surface area contributed by atoms with Gasteiger partial charge in [-0.1, -0.05) is 117 Å². The van der Waals surface area contributed by atoms with Gasteiger partial charge >= 0.3 is 0 Å². The monoisotopic (exact) mass is 567 g/mol. The molecule has 0 amide bonds. The first kappa shape index (κ1) is 23.6. The van der Waals surface area contributed by atoms with Crippen LogP contribution in [0.3, 0.4) is 0 Å². The van der Waals surface area contributed by atoms with Crippen molar-refractivity contribution < 1.29 is 0 Å². The Hall–Kier alpha value is -4.93. The fourth-order valence-electron chi connectivity index (χ4n) is 7.73. The first-order chi connectivity index (χ1) is 21.1. The Labute approximate surface area is 252 Å². The molecule has 2 aromatic heterocycles. The standard InChI is InChI=1S/C39H25N3S/c1-39(2)28-14-7-5-12-24(28)25-19-20-27-33-23-11-4-3-10-22(23)18-21-30(33)42(37(27)35(25)39)38-40-29-15-9-17-32-34(29)36(41-38)26-13-6-8-16-31(26)43-32/h3-21H,1-2H3. The molecule has 0 fully saturated rings. The smallest absolute Gasteiger partial charge is 0.235 e. The van der Waals surface area contributed by atoms with E-state index in [1.165, 1.54) is 64.7 Å². The van der Waals surface area contributed by atoms with Crippen molar-refractivity contribution in [2.75, 3.05) is 0 Å². The molecule has 1 aliphatic carbocycles. The summed E-state index contributed by atoms with van der Waals surface area (Å²) in [5, 5.41) is 6.13. The largest absolute Gasteiger partial charge is 0.278 e. The second-order valence-electron chi connectivity index (χ2n) is 12.2. The summed E-state index contributed by atoms with van der Waals surface area (Å²) in [5.74, 6) is 0.719. The Morgan fingerprint density at radius 3 is 2.33 bits per heavy atom. The third-order valence-electron chi connectivity index (χ3n) is 9.57. The molecule has 10 rings (SSSR count). The van der Waals surface area contributed by atoms with Gasteiger partial charge in [0.15, 0.2) is 0 Å². The molecular weight excluding hydrogens is 543 g/mol. The minimum atomic E-state index is -0.186. The van der Waals surface area contributed by atoms with Crippen LogP contribution in [0, 0.1) is 0 Å². The van der Waals surface area contributed by atoms with E-state index in [9.17, 15) is 0 Å². The van der Waals surface area contributed by atoms with Crippen molar-refractivity contribution in [3.8, 4) is 28.3 Å². The molecule has 0 saturated heterocycles. The molecule has 2 aliphatic rings. The summed E-state index contributed by atoms with van der Waals surface area (Å²) in [6.07, 6.45) is 0. The van der Waals surface area contributed by atoms with Crippen LogP contribution in [0.1, 0.15) is 25.0 Å². The van der Waals surface area contributed by atoms with Crippen LogP contribution in [-0.2, 0) is 5.41 Å². The van der Waals surface area contributed by atoms with Crippen molar-refractivity contribution in [2.24, 2.45) is 0 Å². The van der Waals surface area contributed by atoms with Gasteiger partial charge in [0, 0.05) is 36.9 Å². The van der Waals surface area contributed by atoms with E-state index < -0.39 is 0 Å². The predicted molar refractivity (Wildman–Crippen MR) is 179 cm³/mol. The van der Waals surface area contributed by atoms with Gasteiger partial charge in [-0.25, -0.2) is 9.97 Å². The van der Waals surface area contributed by atoms with Gasteiger partial charge < -0.3 is 0 Å². The molecule has 0 spiro atoms. The first-order valence-corrected chi connectivity index (χ1v) is 15.6. The van der Waals surface area contributed by atoms with E-state index in [-0.39, 0.29) is 5.41 Å². The zero-order valence-electron chi connectivity index (χ0n) is 23.7. The molecular formula is C39H25N3S. The number of fused-ring (bicyclic) bond motifs is 11. The van der Waals surface area contributed by atoms with Gasteiger partial charge in [0.1, 0.15) is 0 Å². The zero-order valence-corrected chi connectivity index (χ0v) is 24.5. The predicted octanol–water partition coefficient (Wildman–Crippen LogP) is 10.3. The number of benzene rings is 6. The number of hydrogen-bond acceptors (Lipinski definition) is 3. The number of nitrogens with zero attached hydrogens (tertiary/aromatic N) is 3. The van der Waals surface area contributed by atoms with E-state index in [1.54, 1.807) is 0 Å². The van der Waals surface area contributed by atoms with Crippen LogP contribution < -0.4 is 0 Å². The summed E-state index contributed by atoms with van der Waals surface area (Å²) >= 11 is 1.81. The summed E-state index contributed by atoms with van der Waals surface area (Å²) in [4.78, 5) is 13.2. The topological polar surface area (TPSA) is 30.7 Å². The molecule has 3 nitrogen and oxygen atoms in total. The van der Waals surface area contributed by atoms with E-state index in [4.69, 9.17) is 9.97 Å². The van der Waals surface area contributed by atoms with E-state index in [1.807, 2.05) is 11.8 Å². The Morgan fingerprint density at radius 1 is 0.605 bits per heavy atom. The Kier molecular flexibility index (Phi) is 4.46. The highest BCUT2D eigenvalue weighted by Gasteiger charge is 2.39. The molecule has 4 heteroatoms. The van der Waals surface area contributed by atoms with Crippen LogP contribution in [0.25, 0.3) is 71.8 Å². The quantitative estimate of drug-likeness (QED) is 0.198. The Bertz CT molecular complexity index is 2520. The van der Waals surface area contributed by atoms with Crippen molar-refractivity contribution in [3.63, 3.8) is 0 Å². The molecule has 43 heavy (non-hydrogen) atoms. The maximum absolute atomic E-state index is 5.46. The van der Waals surface area contributed by atoms with Crippen molar-refractivity contribution >= 4 is 55.2 Å². The molecule has 6 aromatic carbocycles. The number of hydrogen-bond donors (Lipinski definition) is 0. The average Bonchev–Trinajstić information content (AvgIpc) is 3.50. The summed E-state index contributed by atoms with van der Waals surface area (Å²) in [7, 11) is 0. The Morgan fingerprint density at radius 2 is 1.40 bits per heavy atom. The summed E-state index contributed by atoms with van der Waals surface area (Å²) in [6, 6.07) is 41.8. The van der Waals surface area contributed by atoms with Gasteiger partial charge in [-0.15, -0.1) is 0 Å². The van der Waals surface area contributed by atoms with Gasteiger partial charge in [-0.05, 0) is 57.3 Å². The zero-order chi connectivity index (χ0) is 28.4. The molecule has 3 heterocycles. The van der Waals surface area contributed by atoms with E-state index in [2.05, 4.69) is 134 Å². The van der Waals surface area contributed by atoms with Crippen molar-refractivity contribution in [1.29, 1.82) is 0 Å². The van der Waals surface area contributed by atoms with Crippen LogP contribution in [-0.4, -0.2) is 14.5 Å². The lowest BCUT2D eigenvalue weighted by Crippen LogP contribution is -2.17. The second kappa shape index (κ2) is 8.12. The molecule has 8 aromatic rings. The van der Waals surface area contributed by atoms with Crippen molar-refractivity contribution in [3.05, 3.63) is 126 Å². The molecule has 0 atom stereocenters. The minimum absolute atomic E-state index is 0.186. The molecule has 0 unspecified atom stereocenters. The summed E-state index contributed by atoms with van der Waals surface area (Å²) < 4.78 is 2.36. The van der Waals surface area contributed by atoms with Crippen LogP contribution in [0.4, 0.5) is 0 Å². The molecule has 202 valence electrons. The van der Waals surface area contributed by atoms with E-state index >= 15 is 0 Å². The molecule has 1 aliphatic heterocycles. The van der Waals surface area contributed by atoms with E-state index in [0.29, 0.717) is 0 Å². The van der Waals surface area contributed by atoms with Gasteiger partial charge in [0.25, 0.3) is 0 Å². The number of rotatable bonds is 1. The minimum Gasteiger partial charge on any atom is -0.278 e. The average molecular weight is 568 g/mol. The van der Waals surface area contributed by atoms with Crippen LogP contribution in [0.2, 0.25) is 0 Å². The lowest BCUT2D eigenvalue weighted by Gasteiger charge is -2.24. The second-order valence-corrected chi connectivity index (χ2v) is 13.3. The first-order valence-electron chi connectivity index (χ1n) is 14.8. The van der Waals surface area contributed by atoms with Crippen LogP contribution >= 0.6 is 11.8 Å². The van der Waals surface area contributed by atoms with Gasteiger partial charge in [-0.2, -0.15) is 0 Å². The van der Waals surface area contributed by atoms with Crippen LogP contribution in [0.15, 0.2) is 125 Å². The SMILES string of the molecule is CC1(C)c2ccccc2-c2ccc3c4c5ccccc5ccc4n(-c4nc5c6c(cccc6n4)Sc4ccccc4-5)c3c21. The highest BCUT2D eigenvalue weighted by Crippen LogP contribution is 2.54. The lowest BCUT2D eigenvalue weighted by molar-refractivity contribution is 0.663. The maximum atomic E-state index is 5.46. The fraction of sp³-hybridized carbons (Fsp3) is 0.0769. The van der Waals surface area contributed by atoms with Gasteiger partial charge in [-0.3, -0.25) is 4.57 Å². The third kappa shape index (κ3) is 2.96. The lowest BCUT2D eigenvalue weighted by atomic mass is 9.81. The molecule has 0 radical (unpaired) electrons. The van der Waals surface area contributed by atoms with E-state index in [0.717, 1.165) is 28.1 Å². The highest BCUT2D eigenvalue weighted by atomic mass is 32.2. The maximum Gasteiger partial charge on any atom is 0.235 e. The van der Waals surface area contributed by atoms with Crippen LogP contribution in [0.5, 0.6) is 0 Å². The molecule has 0 bridgehead atoms. The molecule has 0 N–H and O–H groups in total. The fourth-order valence-corrected chi connectivity index (χ4v) is 8.83. The van der Waals surface area contributed by atoms with Crippen molar-refractivity contribution in [1.82, 2.24) is 14.5 Å². The summed E-state index contributed by atoms with van der Waals surface area (Å²) in [6.45, 7) is 4.73. The third-order valence-corrected chi connectivity index (χ3v) is 10.7. The number of aromatic nitrogens is 3. The molecule has 0 saturated carbocycles. The Balaban J connectivity index is 1.42. The van der Waals surface area contributed by atoms with Gasteiger partial charge in [0.05, 0.1) is 22.2 Å². The van der Waals surface area contributed by atoms with Crippen molar-refractivity contribution in [2.45, 2.75) is 29.1 Å². The van der Waals surface area contributed by atoms with Gasteiger partial charge in [0.2, 0.25) is 5.95 Å².